The number of thiophene rings is 1. The zero-order chi connectivity index (χ0) is 13.7. The second kappa shape index (κ2) is 6.49. The lowest BCUT2D eigenvalue weighted by atomic mass is 10.3. The first-order valence-electron chi connectivity index (χ1n) is 5.92. The molecule has 0 N–H and O–H groups in total. The maximum atomic E-state index is 11.0. The lowest BCUT2D eigenvalue weighted by Crippen LogP contribution is -2.22. The van der Waals surface area contributed by atoms with Crippen LogP contribution in [0.5, 0.6) is 0 Å². The average molecular weight is 280 g/mol. The van der Waals surface area contributed by atoms with Gasteiger partial charge >= 0.3 is 5.97 Å². The Balaban J connectivity index is 1.88. The molecule has 2 aromatic rings. The molecule has 0 spiro atoms. The van der Waals surface area contributed by atoms with Crippen molar-refractivity contribution >= 4 is 17.3 Å². The van der Waals surface area contributed by atoms with Crippen molar-refractivity contribution in [1.29, 1.82) is 0 Å². The Morgan fingerprint density at radius 2 is 2.42 bits per heavy atom. The molecule has 0 fully saturated rings. The summed E-state index contributed by atoms with van der Waals surface area (Å²) < 4.78 is 10.0. The van der Waals surface area contributed by atoms with E-state index in [0.29, 0.717) is 25.4 Å². The lowest BCUT2D eigenvalue weighted by molar-refractivity contribution is -0.140. The van der Waals surface area contributed by atoms with Gasteiger partial charge in [0, 0.05) is 13.1 Å². The van der Waals surface area contributed by atoms with E-state index < -0.39 is 0 Å². The molecule has 0 bridgehead atoms. The molecule has 0 aliphatic rings. The number of esters is 1. The molecule has 5 nitrogen and oxygen atoms in total. The number of oxazole rings is 1. The van der Waals surface area contributed by atoms with E-state index in [9.17, 15) is 4.79 Å². The van der Waals surface area contributed by atoms with Crippen molar-refractivity contribution in [2.24, 2.45) is 0 Å². The standard InChI is InChI=1S/C13H16N2O3S/c1-15(6-5-12(16)17-2)8-10-9-18-13(14-10)11-4-3-7-19-11/h3-4,7,9H,5-6,8H2,1-2H3. The Labute approximate surface area is 115 Å². The highest BCUT2D eigenvalue weighted by atomic mass is 32.1. The Hall–Kier alpha value is -1.66. The molecule has 0 radical (unpaired) electrons. The van der Waals surface area contributed by atoms with E-state index in [1.807, 2.05) is 29.5 Å². The molecule has 6 heteroatoms. The Morgan fingerprint density at radius 1 is 1.58 bits per heavy atom. The summed E-state index contributed by atoms with van der Waals surface area (Å²) in [6.07, 6.45) is 2.03. The summed E-state index contributed by atoms with van der Waals surface area (Å²) in [6, 6.07) is 3.94. The molecule has 0 aliphatic heterocycles. The number of carbonyl (C=O) groups excluding carboxylic acids is 1. The summed E-state index contributed by atoms with van der Waals surface area (Å²) >= 11 is 1.59. The first-order valence-corrected chi connectivity index (χ1v) is 6.80. The van der Waals surface area contributed by atoms with Gasteiger partial charge in [-0.05, 0) is 18.5 Å². The SMILES string of the molecule is COC(=O)CCN(C)Cc1coc(-c2cccs2)n1. The van der Waals surface area contributed by atoms with E-state index >= 15 is 0 Å². The van der Waals surface area contributed by atoms with Crippen molar-refractivity contribution < 1.29 is 13.9 Å². The number of rotatable bonds is 6. The smallest absolute Gasteiger partial charge is 0.306 e. The number of ether oxygens (including phenoxy) is 1. The van der Waals surface area contributed by atoms with Crippen LogP contribution in [0.4, 0.5) is 0 Å². The highest BCUT2D eigenvalue weighted by molar-refractivity contribution is 7.13. The van der Waals surface area contributed by atoms with Gasteiger partial charge in [0.25, 0.3) is 0 Å². The fourth-order valence-electron chi connectivity index (χ4n) is 1.63. The summed E-state index contributed by atoms with van der Waals surface area (Å²) in [5.41, 5.74) is 0.857. The van der Waals surface area contributed by atoms with Crippen molar-refractivity contribution in [3.8, 4) is 10.8 Å². The van der Waals surface area contributed by atoms with Gasteiger partial charge in [0.2, 0.25) is 5.89 Å². The Kier molecular flexibility index (Phi) is 4.70. The van der Waals surface area contributed by atoms with E-state index in [4.69, 9.17) is 4.42 Å². The van der Waals surface area contributed by atoms with E-state index in [1.165, 1.54) is 7.11 Å². The molecule has 2 heterocycles. The third-order valence-corrected chi connectivity index (χ3v) is 3.50. The zero-order valence-corrected chi connectivity index (χ0v) is 11.8. The van der Waals surface area contributed by atoms with Crippen LogP contribution in [0, 0.1) is 0 Å². The summed E-state index contributed by atoms with van der Waals surface area (Å²) in [7, 11) is 3.33. The van der Waals surface area contributed by atoms with Crippen molar-refractivity contribution in [3.63, 3.8) is 0 Å². The molecular formula is C13H16N2O3S. The number of hydrogen-bond donors (Lipinski definition) is 0. The predicted octanol–water partition coefficient (Wildman–Crippen LogP) is 2.40. The second-order valence-electron chi connectivity index (χ2n) is 4.19. The molecule has 0 atom stereocenters. The number of methoxy groups -OCH3 is 1. The molecule has 0 aliphatic carbocycles. The van der Waals surface area contributed by atoms with Crippen LogP contribution in [-0.4, -0.2) is 36.6 Å². The van der Waals surface area contributed by atoms with Gasteiger partial charge < -0.3 is 9.15 Å². The van der Waals surface area contributed by atoms with Crippen LogP contribution in [0.15, 0.2) is 28.2 Å². The summed E-state index contributed by atoms with van der Waals surface area (Å²) in [5.74, 6) is 0.442. The van der Waals surface area contributed by atoms with Crippen LogP contribution in [0.1, 0.15) is 12.1 Å². The highest BCUT2D eigenvalue weighted by Crippen LogP contribution is 2.23. The number of carbonyl (C=O) groups is 1. The fourth-order valence-corrected chi connectivity index (χ4v) is 2.29. The molecule has 0 saturated heterocycles. The minimum absolute atomic E-state index is 0.203. The summed E-state index contributed by atoms with van der Waals surface area (Å²) in [6.45, 7) is 1.28. The Bertz CT molecular complexity index is 522. The van der Waals surface area contributed by atoms with Crippen molar-refractivity contribution in [1.82, 2.24) is 9.88 Å². The normalized spacial score (nSPS) is 10.9. The molecule has 0 amide bonds. The minimum Gasteiger partial charge on any atom is -0.469 e. The van der Waals surface area contributed by atoms with Gasteiger partial charge in [-0.2, -0.15) is 0 Å². The first-order chi connectivity index (χ1) is 9.19. The molecule has 0 saturated carbocycles. The van der Waals surface area contributed by atoms with E-state index in [0.717, 1.165) is 10.6 Å². The van der Waals surface area contributed by atoms with Gasteiger partial charge in [-0.15, -0.1) is 11.3 Å². The molecule has 2 rings (SSSR count). The minimum atomic E-state index is -0.203. The topological polar surface area (TPSA) is 55.6 Å². The monoisotopic (exact) mass is 280 g/mol. The second-order valence-corrected chi connectivity index (χ2v) is 5.13. The third kappa shape index (κ3) is 3.90. The van der Waals surface area contributed by atoms with Crippen LogP contribution < -0.4 is 0 Å². The van der Waals surface area contributed by atoms with Crippen LogP contribution in [0.25, 0.3) is 10.8 Å². The zero-order valence-electron chi connectivity index (χ0n) is 11.0. The van der Waals surface area contributed by atoms with E-state index in [-0.39, 0.29) is 5.97 Å². The van der Waals surface area contributed by atoms with Crippen LogP contribution >= 0.6 is 11.3 Å². The molecule has 102 valence electrons. The Morgan fingerprint density at radius 3 is 3.11 bits per heavy atom. The number of hydrogen-bond acceptors (Lipinski definition) is 6. The maximum Gasteiger partial charge on any atom is 0.306 e. The average Bonchev–Trinajstić information content (AvgIpc) is 3.06. The molecule has 19 heavy (non-hydrogen) atoms. The number of aromatic nitrogens is 1. The molecule has 2 aromatic heterocycles. The van der Waals surface area contributed by atoms with Crippen molar-refractivity contribution in [2.75, 3.05) is 20.7 Å². The van der Waals surface area contributed by atoms with Crippen molar-refractivity contribution in [2.45, 2.75) is 13.0 Å². The third-order valence-electron chi connectivity index (χ3n) is 2.64. The van der Waals surface area contributed by atoms with Gasteiger partial charge in [-0.1, -0.05) is 6.07 Å². The van der Waals surface area contributed by atoms with Gasteiger partial charge in [0.15, 0.2) is 0 Å². The quantitative estimate of drug-likeness (QED) is 0.760. The molecular weight excluding hydrogens is 264 g/mol. The summed E-state index contributed by atoms with van der Waals surface area (Å²) in [4.78, 5) is 18.5. The van der Waals surface area contributed by atoms with Gasteiger partial charge in [-0.25, -0.2) is 4.98 Å². The highest BCUT2D eigenvalue weighted by Gasteiger charge is 2.10. The molecule has 0 aromatic carbocycles. The van der Waals surface area contributed by atoms with Crippen LogP contribution in [0.2, 0.25) is 0 Å². The van der Waals surface area contributed by atoms with Gasteiger partial charge in [0.05, 0.1) is 24.1 Å². The van der Waals surface area contributed by atoms with Crippen LogP contribution in [-0.2, 0) is 16.1 Å². The fraction of sp³-hybridized carbons (Fsp3) is 0.385. The lowest BCUT2D eigenvalue weighted by Gasteiger charge is -2.13. The van der Waals surface area contributed by atoms with Gasteiger partial charge in [0.1, 0.15) is 6.26 Å². The van der Waals surface area contributed by atoms with Crippen LogP contribution in [0.3, 0.4) is 0 Å². The summed E-state index contributed by atoms with van der Waals surface area (Å²) in [5, 5.41) is 1.99. The van der Waals surface area contributed by atoms with Gasteiger partial charge in [-0.3, -0.25) is 9.69 Å². The predicted molar refractivity (Wildman–Crippen MR) is 72.8 cm³/mol. The molecule has 0 unspecified atom stereocenters. The van der Waals surface area contributed by atoms with Crippen molar-refractivity contribution in [3.05, 3.63) is 29.5 Å². The first kappa shape index (κ1) is 13.8. The van der Waals surface area contributed by atoms with E-state index in [1.54, 1.807) is 17.6 Å². The number of nitrogens with zero attached hydrogens (tertiary/aromatic N) is 2. The largest absolute Gasteiger partial charge is 0.469 e. The maximum absolute atomic E-state index is 11.0. The van der Waals surface area contributed by atoms with E-state index in [2.05, 4.69) is 9.72 Å².